The van der Waals surface area contributed by atoms with Gasteiger partial charge in [-0.05, 0) is 50.1 Å². The summed E-state index contributed by atoms with van der Waals surface area (Å²) in [5.41, 5.74) is -1.07. The number of carboxylic acid groups (broad SMARTS) is 1. The molecule has 10 heteroatoms. The number of thiophene rings is 1. The van der Waals surface area contributed by atoms with Crippen LogP contribution in [0.25, 0.3) is 0 Å². The molecule has 2 rings (SSSR count). The molecule has 5 nitrogen and oxygen atoms in total. The van der Waals surface area contributed by atoms with Gasteiger partial charge in [0.1, 0.15) is 10.7 Å². The molecule has 0 saturated heterocycles. The second kappa shape index (κ2) is 6.03. The first-order valence-electron chi connectivity index (χ1n) is 5.22. The smallest absolute Gasteiger partial charge is 0.337 e. The van der Waals surface area contributed by atoms with E-state index in [1.54, 1.807) is 0 Å². The van der Waals surface area contributed by atoms with Crippen LogP contribution < -0.4 is 4.72 Å². The Morgan fingerprint density at radius 3 is 2.52 bits per heavy atom. The molecule has 112 valence electrons. The molecule has 0 fully saturated rings. The number of hydrogen-bond donors (Lipinski definition) is 2. The molecule has 0 atom stereocenters. The number of nitrogens with one attached hydrogen (secondary N) is 1. The quantitative estimate of drug-likeness (QED) is 0.727. The fourth-order valence-electron chi connectivity index (χ4n) is 1.50. The number of para-hydroxylation sites is 1. The normalized spacial score (nSPS) is 11.4. The van der Waals surface area contributed by atoms with Crippen molar-refractivity contribution in [3.63, 3.8) is 0 Å². The summed E-state index contributed by atoms with van der Waals surface area (Å²) >= 11 is 7.36. The van der Waals surface area contributed by atoms with E-state index in [9.17, 15) is 17.6 Å². The van der Waals surface area contributed by atoms with Gasteiger partial charge in [-0.2, -0.15) is 0 Å². The number of rotatable bonds is 4. The van der Waals surface area contributed by atoms with Crippen LogP contribution in [-0.2, 0) is 10.0 Å². The zero-order chi connectivity index (χ0) is 15.8. The number of carboxylic acids is 1. The van der Waals surface area contributed by atoms with Crippen LogP contribution >= 0.6 is 43.2 Å². The highest BCUT2D eigenvalue weighted by Gasteiger charge is 2.24. The molecule has 1 aromatic heterocycles. The molecule has 1 heterocycles. The summed E-state index contributed by atoms with van der Waals surface area (Å²) in [6, 6.07) is 4.61. The van der Waals surface area contributed by atoms with Crippen molar-refractivity contribution in [3.05, 3.63) is 43.2 Å². The average molecular weight is 459 g/mol. The highest BCUT2D eigenvalue weighted by atomic mass is 79.9. The predicted octanol–water partition coefficient (Wildman–Crippen LogP) is 3.91. The zero-order valence-corrected chi connectivity index (χ0v) is 14.7. The van der Waals surface area contributed by atoms with Crippen LogP contribution in [0.3, 0.4) is 0 Å². The Morgan fingerprint density at radius 1 is 1.33 bits per heavy atom. The number of sulfonamides is 1. The maximum absolute atomic E-state index is 13.8. The number of carbonyl (C=O) groups is 1. The third kappa shape index (κ3) is 3.44. The van der Waals surface area contributed by atoms with E-state index in [2.05, 4.69) is 31.9 Å². The van der Waals surface area contributed by atoms with Crippen LogP contribution in [0, 0.1) is 5.82 Å². The van der Waals surface area contributed by atoms with E-state index in [1.807, 2.05) is 4.72 Å². The minimum absolute atomic E-state index is 0.112. The molecule has 0 aliphatic rings. The Hall–Kier alpha value is -0.970. The van der Waals surface area contributed by atoms with Crippen LogP contribution in [0.1, 0.15) is 10.4 Å². The van der Waals surface area contributed by atoms with Crippen molar-refractivity contribution in [1.82, 2.24) is 0 Å². The summed E-state index contributed by atoms with van der Waals surface area (Å²) in [5, 5.41) is 9.00. The van der Waals surface area contributed by atoms with Crippen LogP contribution in [0.4, 0.5) is 10.1 Å². The van der Waals surface area contributed by atoms with Crippen molar-refractivity contribution in [3.8, 4) is 0 Å². The summed E-state index contributed by atoms with van der Waals surface area (Å²) in [5.74, 6) is -2.40. The number of halogens is 3. The van der Waals surface area contributed by atoms with Gasteiger partial charge in [-0.3, -0.25) is 4.72 Å². The fourth-order valence-corrected chi connectivity index (χ4v) is 6.41. The number of aromatic carboxylic acids is 1. The van der Waals surface area contributed by atoms with E-state index >= 15 is 0 Å². The number of anilines is 1. The molecule has 0 amide bonds. The number of benzene rings is 1. The van der Waals surface area contributed by atoms with Gasteiger partial charge in [-0.15, -0.1) is 11.3 Å². The van der Waals surface area contributed by atoms with Gasteiger partial charge in [0.15, 0.2) is 0 Å². The topological polar surface area (TPSA) is 83.5 Å². The molecule has 0 bridgehead atoms. The van der Waals surface area contributed by atoms with Gasteiger partial charge in [0, 0.05) is 0 Å². The van der Waals surface area contributed by atoms with Gasteiger partial charge in [0.05, 0.1) is 18.8 Å². The van der Waals surface area contributed by atoms with E-state index < -0.39 is 33.1 Å². The van der Waals surface area contributed by atoms with Crippen LogP contribution in [0.2, 0.25) is 0 Å². The molecular weight excluding hydrogens is 453 g/mol. The molecule has 0 saturated carbocycles. The maximum atomic E-state index is 13.8. The minimum atomic E-state index is -4.12. The summed E-state index contributed by atoms with van der Waals surface area (Å²) in [7, 11) is -4.12. The van der Waals surface area contributed by atoms with Crippen molar-refractivity contribution < 1.29 is 22.7 Å². The SMILES string of the molecule is O=C(O)c1cccc(F)c1NS(=O)(=O)c1cc(Br)sc1Br. The predicted molar refractivity (Wildman–Crippen MR) is 83.9 cm³/mol. The highest BCUT2D eigenvalue weighted by molar-refractivity contribution is 9.12. The highest BCUT2D eigenvalue weighted by Crippen LogP contribution is 2.36. The first-order valence-corrected chi connectivity index (χ1v) is 9.10. The standard InChI is InChI=1S/C11H6Br2FNO4S2/c12-8-4-7(10(13)20-8)21(18,19)15-9-5(11(16)17)2-1-3-6(9)14/h1-4,15H,(H,16,17). The van der Waals surface area contributed by atoms with E-state index in [0.29, 0.717) is 7.57 Å². The molecule has 21 heavy (non-hydrogen) atoms. The molecule has 2 aromatic rings. The van der Waals surface area contributed by atoms with Crippen molar-refractivity contribution in [2.75, 3.05) is 4.72 Å². The summed E-state index contributed by atoms with van der Waals surface area (Å²) in [6.45, 7) is 0. The molecular formula is C11H6Br2FNO4S2. The Kier molecular flexibility index (Phi) is 4.71. The van der Waals surface area contributed by atoms with Crippen molar-refractivity contribution in [2.24, 2.45) is 0 Å². The van der Waals surface area contributed by atoms with Gasteiger partial charge in [0.25, 0.3) is 10.0 Å². The van der Waals surface area contributed by atoms with Crippen LogP contribution in [-0.4, -0.2) is 19.5 Å². The van der Waals surface area contributed by atoms with Crippen molar-refractivity contribution in [1.29, 1.82) is 0 Å². The van der Waals surface area contributed by atoms with E-state index in [4.69, 9.17) is 5.11 Å². The third-order valence-corrected chi connectivity index (χ3v) is 6.50. The Balaban J connectivity index is 2.52. The van der Waals surface area contributed by atoms with E-state index in [-0.39, 0.29) is 4.90 Å². The largest absolute Gasteiger partial charge is 0.478 e. The molecule has 2 N–H and O–H groups in total. The Labute approximate surface area is 140 Å². The lowest BCUT2D eigenvalue weighted by Crippen LogP contribution is -2.16. The summed E-state index contributed by atoms with van der Waals surface area (Å²) in [6.07, 6.45) is 0. The van der Waals surface area contributed by atoms with Crippen molar-refractivity contribution >= 4 is 64.9 Å². The summed E-state index contributed by atoms with van der Waals surface area (Å²) < 4.78 is 41.1. The second-order valence-corrected chi connectivity index (χ2v) is 9.16. The Bertz CT molecular complexity index is 820. The second-order valence-electron chi connectivity index (χ2n) is 3.76. The van der Waals surface area contributed by atoms with E-state index in [0.717, 1.165) is 23.5 Å². The lowest BCUT2D eigenvalue weighted by molar-refractivity contribution is 0.0697. The lowest BCUT2D eigenvalue weighted by atomic mass is 10.2. The maximum Gasteiger partial charge on any atom is 0.337 e. The molecule has 0 aliphatic heterocycles. The average Bonchev–Trinajstić information content (AvgIpc) is 2.71. The minimum Gasteiger partial charge on any atom is -0.478 e. The van der Waals surface area contributed by atoms with Gasteiger partial charge >= 0.3 is 5.97 Å². The molecule has 0 unspecified atom stereocenters. The summed E-state index contributed by atoms with van der Waals surface area (Å²) in [4.78, 5) is 10.9. The molecule has 1 aromatic carbocycles. The van der Waals surface area contributed by atoms with Crippen molar-refractivity contribution in [2.45, 2.75) is 4.90 Å². The Morgan fingerprint density at radius 2 is 2.00 bits per heavy atom. The van der Waals surface area contributed by atoms with Gasteiger partial charge < -0.3 is 5.11 Å². The van der Waals surface area contributed by atoms with Gasteiger partial charge in [-0.25, -0.2) is 17.6 Å². The lowest BCUT2D eigenvalue weighted by Gasteiger charge is -2.10. The third-order valence-electron chi connectivity index (χ3n) is 2.40. The number of hydrogen-bond acceptors (Lipinski definition) is 4. The molecule has 0 spiro atoms. The van der Waals surface area contributed by atoms with Crippen LogP contribution in [0.15, 0.2) is 36.7 Å². The monoisotopic (exact) mass is 457 g/mol. The first kappa shape index (κ1) is 16.4. The molecule has 0 aliphatic carbocycles. The fraction of sp³-hybridized carbons (Fsp3) is 0. The zero-order valence-electron chi connectivity index (χ0n) is 9.93. The van der Waals surface area contributed by atoms with E-state index in [1.165, 1.54) is 12.1 Å². The first-order chi connectivity index (χ1) is 9.72. The van der Waals surface area contributed by atoms with Gasteiger partial charge in [0.2, 0.25) is 0 Å². The van der Waals surface area contributed by atoms with Gasteiger partial charge in [-0.1, -0.05) is 6.07 Å². The molecule has 0 radical (unpaired) electrons. The van der Waals surface area contributed by atoms with Crippen LogP contribution in [0.5, 0.6) is 0 Å².